The first-order valence-corrected chi connectivity index (χ1v) is 8.47. The molecular formula is C14H22BrNOS. The van der Waals surface area contributed by atoms with Crippen molar-refractivity contribution in [1.82, 2.24) is 5.32 Å². The van der Waals surface area contributed by atoms with Crippen LogP contribution < -0.4 is 5.32 Å². The van der Waals surface area contributed by atoms with Crippen LogP contribution in [0.3, 0.4) is 0 Å². The summed E-state index contributed by atoms with van der Waals surface area (Å²) in [6.45, 7) is 3.14. The second-order valence-corrected chi connectivity index (χ2v) is 6.59. The predicted octanol–water partition coefficient (Wildman–Crippen LogP) is 4.51. The van der Waals surface area contributed by atoms with Crippen LogP contribution in [0.25, 0.3) is 0 Å². The van der Waals surface area contributed by atoms with Crippen LogP contribution in [0.4, 0.5) is 0 Å². The van der Waals surface area contributed by atoms with Crippen molar-refractivity contribution in [3.05, 3.63) is 20.8 Å². The Balaban J connectivity index is 2.30. The van der Waals surface area contributed by atoms with Crippen molar-refractivity contribution in [3.63, 3.8) is 0 Å². The Morgan fingerprint density at radius 1 is 1.39 bits per heavy atom. The molecule has 0 aromatic carbocycles. The van der Waals surface area contributed by atoms with E-state index in [4.69, 9.17) is 4.74 Å². The van der Waals surface area contributed by atoms with Gasteiger partial charge in [-0.15, -0.1) is 0 Å². The van der Waals surface area contributed by atoms with E-state index in [1.807, 2.05) is 7.11 Å². The zero-order valence-electron chi connectivity index (χ0n) is 11.2. The Labute approximate surface area is 122 Å². The Kier molecular flexibility index (Phi) is 5.24. The van der Waals surface area contributed by atoms with E-state index in [2.05, 4.69) is 38.9 Å². The molecule has 1 aromatic rings. The van der Waals surface area contributed by atoms with Crippen molar-refractivity contribution in [2.24, 2.45) is 0 Å². The maximum atomic E-state index is 5.99. The standard InChI is InChI=1S/C14H22BrNOS/c1-3-16-13(11-9-18-10-12(11)15)14(17-2)7-5-4-6-8-14/h9-10,13,16H,3-8H2,1-2H3. The lowest BCUT2D eigenvalue weighted by molar-refractivity contribution is -0.0685. The Morgan fingerprint density at radius 2 is 2.11 bits per heavy atom. The van der Waals surface area contributed by atoms with E-state index < -0.39 is 0 Å². The molecule has 1 atom stereocenters. The molecule has 0 spiro atoms. The van der Waals surface area contributed by atoms with E-state index in [0.29, 0.717) is 6.04 Å². The smallest absolute Gasteiger partial charge is 0.0873 e. The lowest BCUT2D eigenvalue weighted by Crippen LogP contribution is -2.47. The summed E-state index contributed by atoms with van der Waals surface area (Å²) >= 11 is 5.42. The highest BCUT2D eigenvalue weighted by Gasteiger charge is 2.41. The van der Waals surface area contributed by atoms with Gasteiger partial charge < -0.3 is 10.1 Å². The number of rotatable bonds is 5. The molecule has 2 rings (SSSR count). The van der Waals surface area contributed by atoms with Gasteiger partial charge in [0.25, 0.3) is 0 Å². The topological polar surface area (TPSA) is 21.3 Å². The second kappa shape index (κ2) is 6.51. The molecule has 1 aromatic heterocycles. The monoisotopic (exact) mass is 331 g/mol. The molecule has 0 saturated heterocycles. The highest BCUT2D eigenvalue weighted by molar-refractivity contribution is 9.10. The van der Waals surface area contributed by atoms with Crippen LogP contribution in [-0.4, -0.2) is 19.3 Å². The summed E-state index contributed by atoms with van der Waals surface area (Å²) in [5.41, 5.74) is 1.32. The lowest BCUT2D eigenvalue weighted by atomic mass is 9.77. The summed E-state index contributed by atoms with van der Waals surface area (Å²) < 4.78 is 7.20. The molecule has 0 bridgehead atoms. The Hall–Kier alpha value is 0.1000. The van der Waals surface area contributed by atoms with Crippen LogP contribution in [-0.2, 0) is 4.74 Å². The molecule has 1 N–H and O–H groups in total. The summed E-state index contributed by atoms with van der Waals surface area (Å²) in [7, 11) is 1.87. The average Bonchev–Trinajstić information content (AvgIpc) is 2.83. The molecule has 4 heteroatoms. The maximum Gasteiger partial charge on any atom is 0.0873 e. The largest absolute Gasteiger partial charge is 0.376 e. The van der Waals surface area contributed by atoms with Gasteiger partial charge in [-0.2, -0.15) is 11.3 Å². The number of hydrogen-bond acceptors (Lipinski definition) is 3. The third-order valence-corrected chi connectivity index (χ3v) is 5.75. The van der Waals surface area contributed by atoms with Gasteiger partial charge in [0.15, 0.2) is 0 Å². The second-order valence-electron chi connectivity index (χ2n) is 5.00. The van der Waals surface area contributed by atoms with Gasteiger partial charge in [0.05, 0.1) is 11.6 Å². The molecule has 0 aliphatic heterocycles. The fraction of sp³-hybridized carbons (Fsp3) is 0.714. The minimum absolute atomic E-state index is 0.0299. The fourth-order valence-corrected chi connectivity index (χ4v) is 4.59. The zero-order valence-corrected chi connectivity index (χ0v) is 13.6. The summed E-state index contributed by atoms with van der Waals surface area (Å²) in [6.07, 6.45) is 6.21. The third-order valence-electron chi connectivity index (χ3n) is 3.99. The fourth-order valence-electron chi connectivity index (χ4n) is 3.04. The summed E-state index contributed by atoms with van der Waals surface area (Å²) in [5.74, 6) is 0. The van der Waals surface area contributed by atoms with Crippen molar-refractivity contribution in [1.29, 1.82) is 0 Å². The van der Waals surface area contributed by atoms with Gasteiger partial charge in [0.2, 0.25) is 0 Å². The summed E-state index contributed by atoms with van der Waals surface area (Å²) in [5, 5.41) is 8.04. The Bertz CT molecular complexity index is 374. The molecule has 0 amide bonds. The van der Waals surface area contributed by atoms with E-state index >= 15 is 0 Å². The number of halogens is 1. The van der Waals surface area contributed by atoms with Gasteiger partial charge in [-0.25, -0.2) is 0 Å². The van der Waals surface area contributed by atoms with Gasteiger partial charge in [-0.05, 0) is 46.3 Å². The molecular weight excluding hydrogens is 310 g/mol. The van der Waals surface area contributed by atoms with Gasteiger partial charge >= 0.3 is 0 Å². The van der Waals surface area contributed by atoms with Gasteiger partial charge in [-0.1, -0.05) is 26.2 Å². The molecule has 2 nitrogen and oxygen atoms in total. The van der Waals surface area contributed by atoms with Crippen LogP contribution in [0.2, 0.25) is 0 Å². The van der Waals surface area contributed by atoms with Crippen LogP contribution in [0.15, 0.2) is 15.2 Å². The first kappa shape index (κ1) is 14.5. The normalized spacial score (nSPS) is 20.8. The van der Waals surface area contributed by atoms with Crippen molar-refractivity contribution in [2.75, 3.05) is 13.7 Å². The lowest BCUT2D eigenvalue weighted by Gasteiger charge is -2.43. The minimum Gasteiger partial charge on any atom is -0.376 e. The van der Waals surface area contributed by atoms with Crippen molar-refractivity contribution < 1.29 is 4.74 Å². The Morgan fingerprint density at radius 3 is 2.61 bits per heavy atom. The van der Waals surface area contributed by atoms with E-state index in [0.717, 1.165) is 19.4 Å². The summed E-state index contributed by atoms with van der Waals surface area (Å²) in [4.78, 5) is 0. The molecule has 102 valence electrons. The minimum atomic E-state index is -0.0299. The molecule has 1 unspecified atom stereocenters. The quantitative estimate of drug-likeness (QED) is 0.856. The average molecular weight is 332 g/mol. The van der Waals surface area contributed by atoms with Gasteiger partial charge in [0.1, 0.15) is 0 Å². The molecule has 1 aliphatic rings. The molecule has 1 heterocycles. The zero-order chi connectivity index (χ0) is 13.0. The first-order valence-electron chi connectivity index (χ1n) is 6.73. The van der Waals surface area contributed by atoms with E-state index in [1.165, 1.54) is 29.3 Å². The number of likely N-dealkylation sites (N-methyl/N-ethyl adjacent to an activating group) is 1. The highest BCUT2D eigenvalue weighted by atomic mass is 79.9. The number of nitrogens with one attached hydrogen (secondary N) is 1. The molecule has 0 radical (unpaired) electrons. The van der Waals surface area contributed by atoms with E-state index in [1.54, 1.807) is 11.3 Å². The summed E-state index contributed by atoms with van der Waals surface area (Å²) in [6, 6.07) is 0.299. The van der Waals surface area contributed by atoms with Crippen molar-refractivity contribution in [3.8, 4) is 0 Å². The maximum absolute atomic E-state index is 5.99. The molecule has 18 heavy (non-hydrogen) atoms. The van der Waals surface area contributed by atoms with Crippen LogP contribution >= 0.6 is 27.3 Å². The SMILES string of the molecule is CCNC(c1cscc1Br)C1(OC)CCCCC1. The first-order chi connectivity index (χ1) is 8.73. The van der Waals surface area contributed by atoms with E-state index in [9.17, 15) is 0 Å². The number of hydrogen-bond donors (Lipinski definition) is 1. The molecule has 1 fully saturated rings. The number of methoxy groups -OCH3 is 1. The molecule has 1 aliphatic carbocycles. The van der Waals surface area contributed by atoms with Gasteiger partial charge in [0, 0.05) is 17.0 Å². The molecule has 1 saturated carbocycles. The number of thiophene rings is 1. The van der Waals surface area contributed by atoms with Crippen molar-refractivity contribution >= 4 is 27.3 Å². The predicted molar refractivity (Wildman–Crippen MR) is 81.3 cm³/mol. The van der Waals surface area contributed by atoms with Gasteiger partial charge in [-0.3, -0.25) is 0 Å². The van der Waals surface area contributed by atoms with Crippen molar-refractivity contribution in [2.45, 2.75) is 50.7 Å². The van der Waals surface area contributed by atoms with Crippen LogP contribution in [0.5, 0.6) is 0 Å². The van der Waals surface area contributed by atoms with E-state index in [-0.39, 0.29) is 5.60 Å². The third kappa shape index (κ3) is 2.82. The van der Waals surface area contributed by atoms with Crippen LogP contribution in [0, 0.1) is 0 Å². The van der Waals surface area contributed by atoms with Crippen LogP contribution in [0.1, 0.15) is 50.6 Å². The number of ether oxygens (including phenoxy) is 1. The highest BCUT2D eigenvalue weighted by Crippen LogP contribution is 2.43.